The fourth-order valence-electron chi connectivity index (χ4n) is 2.87. The summed E-state index contributed by atoms with van der Waals surface area (Å²) in [6, 6.07) is 0. The van der Waals surface area contributed by atoms with E-state index < -0.39 is 47.1 Å². The van der Waals surface area contributed by atoms with E-state index in [9.17, 15) is 38.4 Å². The summed E-state index contributed by atoms with van der Waals surface area (Å²) in [6.07, 6.45) is -0.774. The number of amides is 4. The van der Waals surface area contributed by atoms with Crippen LogP contribution >= 0.6 is 0 Å². The van der Waals surface area contributed by atoms with E-state index in [0.29, 0.717) is 10.1 Å². The minimum atomic E-state index is -0.823. The molecule has 0 unspecified atom stereocenters. The van der Waals surface area contributed by atoms with Crippen molar-refractivity contribution in [3.63, 3.8) is 0 Å². The molecule has 12 nitrogen and oxygen atoms in total. The van der Waals surface area contributed by atoms with Crippen LogP contribution < -0.4 is 0 Å². The normalized spacial score (nSPS) is 16.1. The third-order valence-electron chi connectivity index (χ3n) is 4.47. The molecule has 2 saturated heterocycles. The monoisotopic (exact) mass is 438 g/mol. The van der Waals surface area contributed by atoms with Gasteiger partial charge in [-0.2, -0.15) is 0 Å². The largest absolute Gasteiger partial charge is 0.333 e. The zero-order chi connectivity index (χ0) is 23.0. The van der Waals surface area contributed by atoms with Gasteiger partial charge in [0, 0.05) is 51.4 Å². The van der Waals surface area contributed by atoms with Gasteiger partial charge in [-0.25, -0.2) is 9.59 Å². The van der Waals surface area contributed by atoms with Crippen molar-refractivity contribution in [2.24, 2.45) is 0 Å². The van der Waals surface area contributed by atoms with E-state index in [0.717, 1.165) is 0 Å². The molecule has 0 saturated carbocycles. The molecular formula is C19H22N2O10. The van der Waals surface area contributed by atoms with E-state index in [2.05, 4.69) is 9.68 Å². The third-order valence-corrected chi connectivity index (χ3v) is 4.47. The number of ketones is 2. The second kappa shape index (κ2) is 11.1. The van der Waals surface area contributed by atoms with E-state index in [1.165, 1.54) is 0 Å². The lowest BCUT2D eigenvalue weighted by atomic mass is 10.0. The van der Waals surface area contributed by atoms with Crippen LogP contribution in [-0.2, 0) is 48.0 Å². The molecule has 2 rings (SSSR count). The second-order valence-electron chi connectivity index (χ2n) is 7.05. The Bertz CT molecular complexity index is 721. The maximum Gasteiger partial charge on any atom is 0.333 e. The highest BCUT2D eigenvalue weighted by atomic mass is 16.7. The van der Waals surface area contributed by atoms with Gasteiger partial charge in [0.2, 0.25) is 0 Å². The first kappa shape index (κ1) is 23.8. The average molecular weight is 438 g/mol. The number of imide groups is 2. The molecule has 2 fully saturated rings. The summed E-state index contributed by atoms with van der Waals surface area (Å²) in [5.41, 5.74) is 0. The van der Waals surface area contributed by atoms with Gasteiger partial charge < -0.3 is 9.68 Å². The number of hydrogen-bond donors (Lipinski definition) is 0. The van der Waals surface area contributed by atoms with Crippen LogP contribution in [-0.4, -0.2) is 57.3 Å². The van der Waals surface area contributed by atoms with Crippen LogP contribution in [0, 0.1) is 0 Å². The SMILES string of the molecule is O=C(CCCC(=O)ON1C(=O)CCC1=O)CC(=O)CCCC(=O)ON1C(=O)CCC1=O. The van der Waals surface area contributed by atoms with Crippen molar-refractivity contribution in [2.45, 2.75) is 70.6 Å². The van der Waals surface area contributed by atoms with Gasteiger partial charge in [0.15, 0.2) is 0 Å². The van der Waals surface area contributed by atoms with Crippen LogP contribution in [0.1, 0.15) is 70.6 Å². The molecule has 0 aromatic carbocycles. The molecule has 2 aliphatic rings. The first-order chi connectivity index (χ1) is 14.7. The van der Waals surface area contributed by atoms with E-state index >= 15 is 0 Å². The fourth-order valence-corrected chi connectivity index (χ4v) is 2.87. The van der Waals surface area contributed by atoms with E-state index in [-0.39, 0.29) is 70.6 Å². The highest BCUT2D eigenvalue weighted by Gasteiger charge is 2.33. The minimum absolute atomic E-state index is 0.0149. The predicted molar refractivity (Wildman–Crippen MR) is 96.7 cm³/mol. The second-order valence-corrected chi connectivity index (χ2v) is 7.05. The predicted octanol–water partition coefficient (Wildman–Crippen LogP) is 0.0697. The lowest BCUT2D eigenvalue weighted by Crippen LogP contribution is -2.32. The number of hydrogen-bond acceptors (Lipinski definition) is 10. The molecule has 0 spiro atoms. The van der Waals surface area contributed by atoms with Crippen molar-refractivity contribution in [1.29, 1.82) is 0 Å². The Labute approximate surface area is 176 Å². The van der Waals surface area contributed by atoms with Gasteiger partial charge in [-0.1, -0.05) is 0 Å². The van der Waals surface area contributed by atoms with Crippen molar-refractivity contribution in [3.8, 4) is 0 Å². The highest BCUT2D eigenvalue weighted by Crippen LogP contribution is 2.15. The fraction of sp³-hybridized carbons (Fsp3) is 0.579. The molecule has 31 heavy (non-hydrogen) atoms. The summed E-state index contributed by atoms with van der Waals surface area (Å²) in [5.74, 6) is -4.83. The summed E-state index contributed by atoms with van der Waals surface area (Å²) in [4.78, 5) is 102. The number of carbonyl (C=O) groups excluding carboxylic acids is 8. The van der Waals surface area contributed by atoms with Crippen LogP contribution in [0.2, 0.25) is 0 Å². The Hall–Kier alpha value is -3.44. The first-order valence-corrected chi connectivity index (χ1v) is 9.84. The summed E-state index contributed by atoms with van der Waals surface area (Å²) in [6.45, 7) is 0. The zero-order valence-electron chi connectivity index (χ0n) is 16.8. The first-order valence-electron chi connectivity index (χ1n) is 9.84. The lowest BCUT2D eigenvalue weighted by molar-refractivity contribution is -0.197. The Morgan fingerprint density at radius 2 is 0.903 bits per heavy atom. The van der Waals surface area contributed by atoms with Crippen LogP contribution in [0.3, 0.4) is 0 Å². The van der Waals surface area contributed by atoms with Crippen molar-refractivity contribution in [3.05, 3.63) is 0 Å². The number of Topliss-reactive ketones (excluding diaryl/α,β-unsaturated/α-hetero) is 2. The Balaban J connectivity index is 1.56. The van der Waals surface area contributed by atoms with Crippen molar-refractivity contribution in [2.75, 3.05) is 0 Å². The van der Waals surface area contributed by atoms with Crippen molar-refractivity contribution < 1.29 is 48.0 Å². The van der Waals surface area contributed by atoms with Crippen molar-refractivity contribution in [1.82, 2.24) is 10.1 Å². The van der Waals surface area contributed by atoms with E-state index in [4.69, 9.17) is 0 Å². The number of rotatable bonds is 12. The molecule has 0 aromatic rings. The Kier molecular flexibility index (Phi) is 8.53. The zero-order valence-corrected chi connectivity index (χ0v) is 16.8. The molecule has 0 aliphatic carbocycles. The quantitative estimate of drug-likeness (QED) is 0.301. The summed E-state index contributed by atoms with van der Waals surface area (Å²) >= 11 is 0. The summed E-state index contributed by atoms with van der Waals surface area (Å²) in [7, 11) is 0. The smallest absolute Gasteiger partial charge is 0.330 e. The topological polar surface area (TPSA) is 161 Å². The molecule has 0 bridgehead atoms. The van der Waals surface area contributed by atoms with Gasteiger partial charge >= 0.3 is 11.9 Å². The summed E-state index contributed by atoms with van der Waals surface area (Å²) < 4.78 is 0. The van der Waals surface area contributed by atoms with E-state index in [1.54, 1.807) is 0 Å². The maximum atomic E-state index is 11.8. The molecular weight excluding hydrogens is 416 g/mol. The molecule has 168 valence electrons. The Morgan fingerprint density at radius 3 is 1.23 bits per heavy atom. The molecule has 0 radical (unpaired) electrons. The molecule has 4 amide bonds. The summed E-state index contributed by atoms with van der Waals surface area (Å²) in [5, 5.41) is 0.850. The number of nitrogens with zero attached hydrogens (tertiary/aromatic N) is 2. The number of hydroxylamine groups is 4. The molecule has 2 heterocycles. The van der Waals surface area contributed by atoms with Gasteiger partial charge in [0.05, 0.1) is 6.42 Å². The van der Waals surface area contributed by atoms with Crippen molar-refractivity contribution >= 4 is 47.1 Å². The van der Waals surface area contributed by atoms with Crippen LogP contribution in [0.25, 0.3) is 0 Å². The lowest BCUT2D eigenvalue weighted by Gasteiger charge is -2.12. The van der Waals surface area contributed by atoms with Gasteiger partial charge in [0.1, 0.15) is 11.6 Å². The Morgan fingerprint density at radius 1 is 0.581 bits per heavy atom. The molecule has 12 heteroatoms. The standard InChI is InChI=1S/C19H22N2O10/c22-12(3-1-5-18(28)30-20-14(24)7-8-15(20)25)11-13(23)4-2-6-19(29)31-21-16(26)9-10-17(21)27/h1-11H2. The minimum Gasteiger partial charge on any atom is -0.330 e. The highest BCUT2D eigenvalue weighted by molar-refractivity contribution is 6.02. The molecule has 0 atom stereocenters. The molecule has 2 aliphatic heterocycles. The van der Waals surface area contributed by atoms with Gasteiger partial charge in [0.25, 0.3) is 23.6 Å². The molecule has 0 N–H and O–H groups in total. The third kappa shape index (κ3) is 7.39. The average Bonchev–Trinajstić information content (AvgIpc) is 3.18. The van der Waals surface area contributed by atoms with Crippen LogP contribution in [0.4, 0.5) is 0 Å². The maximum absolute atomic E-state index is 11.8. The molecule has 0 aromatic heterocycles. The van der Waals surface area contributed by atoms with Gasteiger partial charge in [-0.15, -0.1) is 10.1 Å². The van der Waals surface area contributed by atoms with E-state index in [1.807, 2.05) is 0 Å². The van der Waals surface area contributed by atoms with Gasteiger partial charge in [-0.3, -0.25) is 28.8 Å². The van der Waals surface area contributed by atoms with Crippen LogP contribution in [0.5, 0.6) is 0 Å². The van der Waals surface area contributed by atoms with Gasteiger partial charge in [-0.05, 0) is 12.8 Å². The van der Waals surface area contributed by atoms with Crippen LogP contribution in [0.15, 0.2) is 0 Å². The number of carbonyl (C=O) groups is 8.